The molecule has 1 fully saturated rings. The number of piperidine rings is 1. The van der Waals surface area contributed by atoms with Gasteiger partial charge in [0.25, 0.3) is 12.9 Å². The average molecular weight is 648 g/mol. The Kier molecular flexibility index (Phi) is 9.30. The lowest BCUT2D eigenvalue weighted by Gasteiger charge is -2.31. The zero-order valence-corrected chi connectivity index (χ0v) is 23.9. The van der Waals surface area contributed by atoms with Crippen molar-refractivity contribution >= 4 is 34.6 Å². The van der Waals surface area contributed by atoms with E-state index in [2.05, 4.69) is 21.8 Å². The molecule has 0 N–H and O–H groups in total. The molecule has 3 aromatic rings. The fourth-order valence-corrected chi connectivity index (χ4v) is 5.94. The Morgan fingerprint density at radius 1 is 1.19 bits per heavy atom. The Labute approximate surface area is 250 Å². The zero-order valence-electron chi connectivity index (χ0n) is 22.3. The molecule has 0 aliphatic carbocycles. The van der Waals surface area contributed by atoms with Crippen molar-refractivity contribution < 1.29 is 40.7 Å². The number of carbonyl (C=O) groups excluding carboxylic acids is 1. The molecule has 1 atom stereocenters. The van der Waals surface area contributed by atoms with E-state index in [0.29, 0.717) is 48.1 Å². The highest BCUT2D eigenvalue weighted by atomic mass is 35.5. The number of benzene rings is 1. The van der Waals surface area contributed by atoms with E-state index in [1.807, 2.05) is 0 Å². The van der Waals surface area contributed by atoms with Crippen LogP contribution in [0.4, 0.5) is 26.3 Å². The van der Waals surface area contributed by atoms with E-state index in [9.17, 15) is 31.1 Å². The predicted molar refractivity (Wildman–Crippen MR) is 145 cm³/mol. The third kappa shape index (κ3) is 6.82. The molecule has 230 valence electrons. The summed E-state index contributed by atoms with van der Waals surface area (Å²) in [6.07, 6.45) is -5.86. The van der Waals surface area contributed by atoms with Crippen molar-refractivity contribution in [2.75, 3.05) is 19.7 Å². The van der Waals surface area contributed by atoms with Crippen LogP contribution in [-0.2, 0) is 16.2 Å². The number of hydrogen-bond donors (Lipinski definition) is 0. The molecule has 1 aromatic carbocycles. The van der Waals surface area contributed by atoms with Crippen LogP contribution in [0.25, 0.3) is 0 Å². The summed E-state index contributed by atoms with van der Waals surface area (Å²) in [7, 11) is 0. The topological polar surface area (TPSA) is 81.8 Å². The molecule has 0 saturated carbocycles. The maximum atomic E-state index is 14.8. The SMILES string of the molecule is C=C(Cl)COc1ccc(F)c(F)c1C1CC(c2csc(C3CCN(C(=O)Cn4nc(C(F)F)cc4C(F)F)CC3)n2)=NO1. The number of halogens is 7. The van der Waals surface area contributed by atoms with Gasteiger partial charge in [0, 0.05) is 35.8 Å². The Morgan fingerprint density at radius 2 is 1.93 bits per heavy atom. The van der Waals surface area contributed by atoms with Crippen molar-refractivity contribution in [3.8, 4) is 5.75 Å². The van der Waals surface area contributed by atoms with E-state index in [4.69, 9.17) is 21.2 Å². The van der Waals surface area contributed by atoms with Crippen LogP contribution in [0.15, 0.2) is 40.3 Å². The van der Waals surface area contributed by atoms with E-state index in [1.165, 1.54) is 22.3 Å². The molecule has 0 radical (unpaired) electrons. The van der Waals surface area contributed by atoms with Gasteiger partial charge in [0.1, 0.15) is 36.0 Å². The van der Waals surface area contributed by atoms with Crippen molar-refractivity contribution in [1.82, 2.24) is 19.7 Å². The third-order valence-electron chi connectivity index (χ3n) is 7.04. The number of aromatic nitrogens is 3. The summed E-state index contributed by atoms with van der Waals surface area (Å²) in [5.74, 6) is -2.64. The molecule has 5 rings (SSSR count). The Hall–Kier alpha value is -3.59. The first-order valence-electron chi connectivity index (χ1n) is 13.1. The lowest BCUT2D eigenvalue weighted by atomic mass is 9.97. The maximum absolute atomic E-state index is 14.8. The molecule has 43 heavy (non-hydrogen) atoms. The lowest BCUT2D eigenvalue weighted by molar-refractivity contribution is -0.133. The van der Waals surface area contributed by atoms with Crippen LogP contribution >= 0.6 is 22.9 Å². The predicted octanol–water partition coefficient (Wildman–Crippen LogP) is 6.90. The van der Waals surface area contributed by atoms with Crippen LogP contribution in [0, 0.1) is 11.6 Å². The molecule has 1 amide bonds. The summed E-state index contributed by atoms with van der Waals surface area (Å²) in [5, 5.41) is 10.3. The molecule has 0 spiro atoms. The Balaban J connectivity index is 1.19. The third-order valence-corrected chi connectivity index (χ3v) is 8.16. The van der Waals surface area contributed by atoms with E-state index in [1.54, 1.807) is 5.38 Å². The van der Waals surface area contributed by atoms with Crippen molar-refractivity contribution in [3.05, 3.63) is 74.5 Å². The highest BCUT2D eigenvalue weighted by Crippen LogP contribution is 2.39. The second kappa shape index (κ2) is 13.0. The second-order valence-corrected chi connectivity index (χ2v) is 11.3. The van der Waals surface area contributed by atoms with Crippen molar-refractivity contribution in [2.24, 2.45) is 5.16 Å². The number of oxime groups is 1. The van der Waals surface area contributed by atoms with Gasteiger partial charge in [-0.15, -0.1) is 11.3 Å². The van der Waals surface area contributed by atoms with Crippen LogP contribution in [0.1, 0.15) is 71.8 Å². The number of thiazole rings is 1. The summed E-state index contributed by atoms with van der Waals surface area (Å²) in [6, 6.07) is 2.83. The quantitative estimate of drug-likeness (QED) is 0.224. The molecule has 1 saturated heterocycles. The van der Waals surface area contributed by atoms with Gasteiger partial charge in [0.05, 0.1) is 16.3 Å². The summed E-state index contributed by atoms with van der Waals surface area (Å²) >= 11 is 7.12. The normalized spacial score (nSPS) is 17.5. The van der Waals surface area contributed by atoms with Gasteiger partial charge in [-0.05, 0) is 31.0 Å². The molecule has 8 nitrogen and oxygen atoms in total. The molecular formula is C27H24ClF6N5O3S. The first-order chi connectivity index (χ1) is 20.5. The molecule has 0 bridgehead atoms. The van der Waals surface area contributed by atoms with Gasteiger partial charge in [-0.2, -0.15) is 5.10 Å². The number of hydrogen-bond acceptors (Lipinski definition) is 7. The van der Waals surface area contributed by atoms with Crippen LogP contribution in [-0.4, -0.2) is 51.0 Å². The van der Waals surface area contributed by atoms with Crippen LogP contribution in [0.3, 0.4) is 0 Å². The molecule has 4 heterocycles. The average Bonchev–Trinajstić information content (AvgIpc) is 3.73. The van der Waals surface area contributed by atoms with E-state index < -0.39 is 54.4 Å². The molecule has 1 unspecified atom stereocenters. The summed E-state index contributed by atoms with van der Waals surface area (Å²) in [4.78, 5) is 24.3. The smallest absolute Gasteiger partial charge is 0.282 e. The Bertz CT molecular complexity index is 1540. The van der Waals surface area contributed by atoms with Crippen molar-refractivity contribution in [2.45, 2.75) is 50.7 Å². The summed E-state index contributed by atoms with van der Waals surface area (Å²) in [5.41, 5.74) is -0.723. The van der Waals surface area contributed by atoms with Crippen molar-refractivity contribution in [3.63, 3.8) is 0 Å². The number of nitrogens with zero attached hydrogens (tertiary/aromatic N) is 5. The number of likely N-dealkylation sites (tertiary alicyclic amines) is 1. The van der Waals surface area contributed by atoms with Gasteiger partial charge in [-0.1, -0.05) is 23.3 Å². The standard InChI is InChI=1S/C27H24ClF6N5O3S/c1-13(28)11-41-20-3-2-15(29)24(30)23(20)21-9-16(37-42-21)18-12-43-27(35-18)14-4-6-38(7-5-14)22(40)10-39-19(26(33)34)8-17(36-39)25(31)32/h2-3,8,12,14,21,25-26H,1,4-7,9-11H2. The van der Waals surface area contributed by atoms with Crippen LogP contribution in [0.2, 0.25) is 0 Å². The number of alkyl halides is 4. The number of ether oxygens (including phenoxy) is 1. The first kappa shape index (κ1) is 30.9. The Morgan fingerprint density at radius 3 is 2.60 bits per heavy atom. The maximum Gasteiger partial charge on any atom is 0.282 e. The summed E-state index contributed by atoms with van der Waals surface area (Å²) in [6.45, 7) is 3.46. The van der Waals surface area contributed by atoms with Crippen LogP contribution in [0.5, 0.6) is 5.75 Å². The van der Waals surface area contributed by atoms with E-state index in [-0.39, 0.29) is 35.3 Å². The van der Waals surface area contributed by atoms with Gasteiger partial charge in [0.15, 0.2) is 17.7 Å². The number of rotatable bonds is 10. The van der Waals surface area contributed by atoms with Gasteiger partial charge in [-0.3, -0.25) is 9.48 Å². The summed E-state index contributed by atoms with van der Waals surface area (Å²) < 4.78 is 87.3. The highest BCUT2D eigenvalue weighted by molar-refractivity contribution is 7.10. The number of amides is 1. The largest absolute Gasteiger partial charge is 0.487 e. The van der Waals surface area contributed by atoms with E-state index in [0.717, 1.165) is 11.1 Å². The zero-order chi connectivity index (χ0) is 30.8. The molecule has 2 aromatic heterocycles. The fourth-order valence-electron chi connectivity index (χ4n) is 4.89. The van der Waals surface area contributed by atoms with Gasteiger partial charge in [-0.25, -0.2) is 31.3 Å². The minimum atomic E-state index is -3.05. The van der Waals surface area contributed by atoms with Gasteiger partial charge >= 0.3 is 0 Å². The van der Waals surface area contributed by atoms with Gasteiger partial charge < -0.3 is 14.5 Å². The monoisotopic (exact) mass is 647 g/mol. The molecule has 2 aliphatic heterocycles. The fraction of sp³-hybridized carbons (Fsp3) is 0.407. The number of carbonyl (C=O) groups is 1. The van der Waals surface area contributed by atoms with Crippen LogP contribution < -0.4 is 4.74 Å². The minimum absolute atomic E-state index is 0.00222. The van der Waals surface area contributed by atoms with Crippen molar-refractivity contribution in [1.29, 1.82) is 0 Å². The minimum Gasteiger partial charge on any atom is -0.487 e. The highest BCUT2D eigenvalue weighted by Gasteiger charge is 2.33. The lowest BCUT2D eigenvalue weighted by Crippen LogP contribution is -2.40. The second-order valence-electron chi connectivity index (χ2n) is 9.89. The van der Waals surface area contributed by atoms with E-state index >= 15 is 0 Å². The first-order valence-corrected chi connectivity index (χ1v) is 14.3. The molecular weight excluding hydrogens is 624 g/mol. The van der Waals surface area contributed by atoms with Gasteiger partial charge in [0.2, 0.25) is 5.91 Å². The molecule has 2 aliphatic rings. The molecule has 16 heteroatoms.